The maximum Gasteiger partial charge on any atom is 0.0998 e. The molecule has 3 unspecified atom stereocenters. The van der Waals surface area contributed by atoms with E-state index in [1.807, 2.05) is 12.1 Å². The lowest BCUT2D eigenvalue weighted by atomic mass is 9.90. The van der Waals surface area contributed by atoms with E-state index in [0.29, 0.717) is 12.1 Å². The lowest BCUT2D eigenvalue weighted by Crippen LogP contribution is -2.44. The van der Waals surface area contributed by atoms with Crippen LogP contribution in [0, 0.1) is 17.2 Å². The van der Waals surface area contributed by atoms with Gasteiger partial charge >= 0.3 is 0 Å². The van der Waals surface area contributed by atoms with Gasteiger partial charge < -0.3 is 4.90 Å². The van der Waals surface area contributed by atoms with E-state index >= 15 is 0 Å². The van der Waals surface area contributed by atoms with Crippen LogP contribution in [0.2, 0.25) is 0 Å². The Morgan fingerprint density at radius 1 is 1.00 bits per heavy atom. The Kier molecular flexibility index (Phi) is 2.89. The first-order valence-electron chi connectivity index (χ1n) is 8.00. The molecule has 2 saturated heterocycles. The third-order valence-electron chi connectivity index (χ3n) is 5.46. The molecule has 0 saturated carbocycles. The number of nitriles is 1. The van der Waals surface area contributed by atoms with Crippen molar-refractivity contribution in [3.8, 4) is 6.07 Å². The lowest BCUT2D eigenvalue weighted by molar-refractivity contribution is 0.359. The summed E-state index contributed by atoms with van der Waals surface area (Å²) in [5.74, 6) is 0.776. The van der Waals surface area contributed by atoms with E-state index in [1.165, 1.54) is 36.8 Å². The summed E-state index contributed by atoms with van der Waals surface area (Å²) in [4.78, 5) is 2.66. The smallest absolute Gasteiger partial charge is 0.0998 e. The van der Waals surface area contributed by atoms with Gasteiger partial charge in [-0.15, -0.1) is 0 Å². The number of fused-ring (bicyclic) bond motifs is 3. The molecule has 0 spiro atoms. The van der Waals surface area contributed by atoms with Crippen LogP contribution in [0.5, 0.6) is 0 Å². The van der Waals surface area contributed by atoms with Crippen molar-refractivity contribution in [2.45, 2.75) is 44.7 Å². The van der Waals surface area contributed by atoms with Gasteiger partial charge in [-0.3, -0.25) is 0 Å². The van der Waals surface area contributed by atoms with Gasteiger partial charge in [0.05, 0.1) is 11.6 Å². The van der Waals surface area contributed by atoms with Crippen molar-refractivity contribution in [3.05, 3.63) is 42.0 Å². The van der Waals surface area contributed by atoms with Gasteiger partial charge in [-0.1, -0.05) is 31.2 Å². The SMILES string of the molecule is CC1CCC2CCC1N2c1ccc(C#N)c2ccccc12. The second kappa shape index (κ2) is 4.77. The summed E-state index contributed by atoms with van der Waals surface area (Å²) in [5, 5.41) is 11.7. The molecule has 2 nitrogen and oxygen atoms in total. The molecule has 4 rings (SSSR count). The van der Waals surface area contributed by atoms with Gasteiger partial charge in [0.1, 0.15) is 0 Å². The minimum absolute atomic E-state index is 0.681. The van der Waals surface area contributed by atoms with Crippen LogP contribution in [0.4, 0.5) is 5.69 Å². The van der Waals surface area contributed by atoms with Gasteiger partial charge in [0.2, 0.25) is 0 Å². The van der Waals surface area contributed by atoms with Crippen LogP contribution >= 0.6 is 0 Å². The molecule has 2 heterocycles. The molecular weight excluding hydrogens is 256 g/mol. The second-order valence-corrected chi connectivity index (χ2v) is 6.55. The fraction of sp³-hybridized carbons (Fsp3) is 0.421. The number of rotatable bonds is 1. The standard InChI is InChI=1S/C19H20N2/c1-13-6-8-15-9-11-18(13)21(15)19-10-7-14(12-20)16-4-2-3-5-17(16)19/h2-5,7,10,13,15,18H,6,8-9,11H2,1H3. The number of piperidine rings is 1. The number of anilines is 1. The van der Waals surface area contributed by atoms with E-state index in [-0.39, 0.29) is 0 Å². The molecule has 106 valence electrons. The third kappa shape index (κ3) is 1.84. The van der Waals surface area contributed by atoms with Crippen molar-refractivity contribution in [2.24, 2.45) is 5.92 Å². The minimum Gasteiger partial charge on any atom is -0.365 e. The van der Waals surface area contributed by atoms with Crippen molar-refractivity contribution in [2.75, 3.05) is 4.90 Å². The van der Waals surface area contributed by atoms with Crippen LogP contribution in [0.15, 0.2) is 36.4 Å². The molecular formula is C19H20N2. The van der Waals surface area contributed by atoms with Crippen molar-refractivity contribution in [1.82, 2.24) is 0 Å². The average Bonchev–Trinajstić information content (AvgIpc) is 2.86. The highest BCUT2D eigenvalue weighted by molar-refractivity contribution is 5.98. The van der Waals surface area contributed by atoms with Crippen LogP contribution in [0.3, 0.4) is 0 Å². The van der Waals surface area contributed by atoms with Crippen LogP contribution in [-0.4, -0.2) is 12.1 Å². The summed E-state index contributed by atoms with van der Waals surface area (Å²) in [6.45, 7) is 2.39. The van der Waals surface area contributed by atoms with Gasteiger partial charge in [-0.25, -0.2) is 0 Å². The van der Waals surface area contributed by atoms with Crippen molar-refractivity contribution < 1.29 is 0 Å². The molecule has 0 radical (unpaired) electrons. The van der Waals surface area contributed by atoms with E-state index in [0.717, 1.165) is 16.9 Å². The molecule has 2 heteroatoms. The second-order valence-electron chi connectivity index (χ2n) is 6.55. The zero-order valence-corrected chi connectivity index (χ0v) is 12.4. The molecule has 2 aliphatic heterocycles. The fourth-order valence-corrected chi connectivity index (χ4v) is 4.38. The van der Waals surface area contributed by atoms with Crippen LogP contribution in [-0.2, 0) is 0 Å². The Labute approximate surface area is 126 Å². The molecule has 0 aromatic heterocycles. The lowest BCUT2D eigenvalue weighted by Gasteiger charge is -2.41. The molecule has 3 atom stereocenters. The van der Waals surface area contributed by atoms with E-state index < -0.39 is 0 Å². The average molecular weight is 276 g/mol. The molecule has 0 N–H and O–H groups in total. The monoisotopic (exact) mass is 276 g/mol. The van der Waals surface area contributed by atoms with E-state index in [2.05, 4.69) is 42.2 Å². The van der Waals surface area contributed by atoms with Crippen molar-refractivity contribution in [1.29, 1.82) is 5.26 Å². The van der Waals surface area contributed by atoms with E-state index in [4.69, 9.17) is 0 Å². The summed E-state index contributed by atoms with van der Waals surface area (Å²) in [7, 11) is 0. The molecule has 21 heavy (non-hydrogen) atoms. The Morgan fingerprint density at radius 3 is 2.57 bits per heavy atom. The number of hydrogen-bond donors (Lipinski definition) is 0. The zero-order chi connectivity index (χ0) is 14.4. The highest BCUT2D eigenvalue weighted by atomic mass is 15.2. The zero-order valence-electron chi connectivity index (χ0n) is 12.4. The molecule has 2 fully saturated rings. The first-order chi connectivity index (χ1) is 10.3. The first kappa shape index (κ1) is 12.7. The minimum atomic E-state index is 0.681. The van der Waals surface area contributed by atoms with Crippen molar-refractivity contribution in [3.63, 3.8) is 0 Å². The molecule has 2 bridgehead atoms. The summed E-state index contributed by atoms with van der Waals surface area (Å²) in [6.07, 6.45) is 5.32. The topological polar surface area (TPSA) is 27.0 Å². The first-order valence-corrected chi connectivity index (χ1v) is 8.00. The Morgan fingerprint density at radius 2 is 1.76 bits per heavy atom. The van der Waals surface area contributed by atoms with Gasteiger partial charge in [0.25, 0.3) is 0 Å². The number of benzene rings is 2. The number of hydrogen-bond acceptors (Lipinski definition) is 2. The summed E-state index contributed by atoms with van der Waals surface area (Å²) >= 11 is 0. The summed E-state index contributed by atoms with van der Waals surface area (Å²) in [6, 6.07) is 16.2. The largest absolute Gasteiger partial charge is 0.365 e. The van der Waals surface area contributed by atoms with Crippen LogP contribution in [0.1, 0.15) is 38.2 Å². The maximum atomic E-state index is 9.33. The Bertz CT molecular complexity index is 728. The van der Waals surface area contributed by atoms with Crippen LogP contribution in [0.25, 0.3) is 10.8 Å². The van der Waals surface area contributed by atoms with Gasteiger partial charge in [0.15, 0.2) is 0 Å². The third-order valence-corrected chi connectivity index (χ3v) is 5.46. The number of nitrogens with zero attached hydrogens (tertiary/aromatic N) is 2. The summed E-state index contributed by atoms with van der Waals surface area (Å²) in [5.41, 5.74) is 2.12. The predicted octanol–water partition coefficient (Wildman–Crippen LogP) is 4.48. The fourth-order valence-electron chi connectivity index (χ4n) is 4.38. The molecule has 2 aliphatic rings. The maximum absolute atomic E-state index is 9.33. The predicted molar refractivity (Wildman–Crippen MR) is 86.4 cm³/mol. The quantitative estimate of drug-likeness (QED) is 0.768. The molecule has 0 aliphatic carbocycles. The van der Waals surface area contributed by atoms with E-state index in [9.17, 15) is 5.26 Å². The summed E-state index contributed by atoms with van der Waals surface area (Å²) < 4.78 is 0. The van der Waals surface area contributed by atoms with Gasteiger partial charge in [-0.05, 0) is 43.7 Å². The normalized spacial score (nSPS) is 27.8. The highest BCUT2D eigenvalue weighted by Crippen LogP contribution is 2.44. The van der Waals surface area contributed by atoms with E-state index in [1.54, 1.807) is 0 Å². The van der Waals surface area contributed by atoms with Gasteiger partial charge in [0, 0.05) is 28.5 Å². The molecule has 2 aromatic carbocycles. The van der Waals surface area contributed by atoms with Gasteiger partial charge in [-0.2, -0.15) is 5.26 Å². The molecule has 0 amide bonds. The Balaban J connectivity index is 1.90. The van der Waals surface area contributed by atoms with Crippen molar-refractivity contribution >= 4 is 16.5 Å². The molecule has 2 aromatic rings. The highest BCUT2D eigenvalue weighted by Gasteiger charge is 2.40. The Hall–Kier alpha value is -2.01. The van der Waals surface area contributed by atoms with Crippen LogP contribution < -0.4 is 4.90 Å².